The molecule has 1 amide bonds. The molecule has 0 aliphatic carbocycles. The first-order valence-corrected chi connectivity index (χ1v) is 8.82. The average molecular weight is 431 g/mol. The second kappa shape index (κ2) is 8.28. The molecule has 2 heterocycles. The van der Waals surface area contributed by atoms with E-state index in [9.17, 15) is 31.9 Å². The second-order valence-electron chi connectivity index (χ2n) is 6.73. The number of benzene rings is 1. The molecule has 1 saturated heterocycles. The number of anilines is 1. The third kappa shape index (κ3) is 5.45. The van der Waals surface area contributed by atoms with Gasteiger partial charge in [-0.25, -0.2) is 13.8 Å². The minimum atomic E-state index is -4.80. The monoisotopic (exact) mass is 431 g/mol. The van der Waals surface area contributed by atoms with Gasteiger partial charge in [0, 0.05) is 38.1 Å². The predicted molar refractivity (Wildman–Crippen MR) is 92.2 cm³/mol. The minimum Gasteiger partial charge on any atom is -0.530 e. The number of aromatic nitrogens is 2. The van der Waals surface area contributed by atoms with Crippen molar-refractivity contribution in [3.63, 3.8) is 0 Å². The van der Waals surface area contributed by atoms with E-state index in [-0.39, 0.29) is 37.6 Å². The highest BCUT2D eigenvalue weighted by molar-refractivity contribution is 5.61. The van der Waals surface area contributed by atoms with Crippen molar-refractivity contribution in [1.82, 2.24) is 15.3 Å². The van der Waals surface area contributed by atoms with Gasteiger partial charge in [-0.2, -0.15) is 18.2 Å². The maximum absolute atomic E-state index is 14.6. The van der Waals surface area contributed by atoms with Crippen LogP contribution in [-0.2, 0) is 6.18 Å². The molecule has 162 valence electrons. The number of carboxylic acid groups (broad SMARTS) is 1. The summed E-state index contributed by atoms with van der Waals surface area (Å²) in [5.74, 6) is -1.47. The molecule has 0 saturated carbocycles. The van der Waals surface area contributed by atoms with Gasteiger partial charge in [0.1, 0.15) is 23.3 Å². The van der Waals surface area contributed by atoms with Gasteiger partial charge in [-0.3, -0.25) is 0 Å². The molecule has 1 fully saturated rings. The number of halogens is 5. The van der Waals surface area contributed by atoms with E-state index in [1.165, 1.54) is 17.0 Å². The lowest BCUT2D eigenvalue weighted by molar-refractivity contribution is -0.251. The topological polar surface area (TPSA) is 90.4 Å². The number of amides is 1. The van der Waals surface area contributed by atoms with Gasteiger partial charge < -0.3 is 24.9 Å². The van der Waals surface area contributed by atoms with Crippen molar-refractivity contribution in [2.45, 2.75) is 24.7 Å². The first-order valence-electron chi connectivity index (χ1n) is 8.82. The van der Waals surface area contributed by atoms with Crippen LogP contribution >= 0.6 is 0 Å². The van der Waals surface area contributed by atoms with Gasteiger partial charge in [0.15, 0.2) is 5.69 Å². The number of piperidine rings is 1. The van der Waals surface area contributed by atoms with Gasteiger partial charge in [0.05, 0.1) is 6.54 Å². The van der Waals surface area contributed by atoms with Crippen LogP contribution < -0.4 is 20.1 Å². The highest BCUT2D eigenvalue weighted by atomic mass is 19.4. The molecule has 0 unspecified atom stereocenters. The molecule has 1 aromatic heterocycles. The SMILES string of the molecule is O=C([O-])NCC1(F)CCN(c2nc(Oc3cccc(F)c3)cc(C(F)(F)F)n2)CC1. The van der Waals surface area contributed by atoms with E-state index in [1.807, 2.05) is 5.32 Å². The number of nitrogens with one attached hydrogen (secondary N) is 1. The lowest BCUT2D eigenvalue weighted by Gasteiger charge is -2.36. The Morgan fingerprint density at radius 3 is 2.53 bits per heavy atom. The molecule has 0 bridgehead atoms. The quantitative estimate of drug-likeness (QED) is 0.733. The Labute approximate surface area is 167 Å². The maximum atomic E-state index is 14.6. The lowest BCUT2D eigenvalue weighted by atomic mass is 9.93. The van der Waals surface area contributed by atoms with Crippen LogP contribution in [0, 0.1) is 5.82 Å². The van der Waals surface area contributed by atoms with Gasteiger partial charge in [-0.05, 0) is 12.1 Å². The molecule has 0 spiro atoms. The highest BCUT2D eigenvalue weighted by Crippen LogP contribution is 2.34. The molecular weight excluding hydrogens is 415 g/mol. The number of rotatable bonds is 5. The van der Waals surface area contributed by atoms with Gasteiger partial charge in [0.25, 0.3) is 0 Å². The van der Waals surface area contributed by atoms with Crippen molar-refractivity contribution in [3.05, 3.63) is 41.8 Å². The number of hydrogen-bond acceptors (Lipinski definition) is 6. The normalized spacial score (nSPS) is 16.2. The number of hydrogen-bond donors (Lipinski definition) is 1. The van der Waals surface area contributed by atoms with Crippen molar-refractivity contribution >= 4 is 12.0 Å². The van der Waals surface area contributed by atoms with E-state index in [2.05, 4.69) is 9.97 Å². The molecular formula is C18H16F5N4O3-. The number of nitrogens with zero attached hydrogens (tertiary/aromatic N) is 3. The van der Waals surface area contributed by atoms with Crippen molar-refractivity contribution in [2.24, 2.45) is 0 Å². The van der Waals surface area contributed by atoms with Gasteiger partial charge in [-0.1, -0.05) is 6.07 Å². The summed E-state index contributed by atoms with van der Waals surface area (Å²) < 4.78 is 73.0. The molecule has 7 nitrogen and oxygen atoms in total. The number of carbonyl (C=O) groups is 1. The Bertz CT molecular complexity index is 917. The molecule has 12 heteroatoms. The smallest absolute Gasteiger partial charge is 0.433 e. The van der Waals surface area contributed by atoms with E-state index in [1.54, 1.807) is 0 Å². The van der Waals surface area contributed by atoms with E-state index < -0.39 is 41.9 Å². The third-order valence-corrected chi connectivity index (χ3v) is 4.49. The maximum Gasteiger partial charge on any atom is 0.433 e. The summed E-state index contributed by atoms with van der Waals surface area (Å²) in [5.41, 5.74) is -3.13. The molecule has 1 aromatic carbocycles. The Hall–Kier alpha value is -3.18. The largest absolute Gasteiger partial charge is 0.530 e. The fourth-order valence-electron chi connectivity index (χ4n) is 2.92. The molecule has 0 atom stereocenters. The van der Waals surface area contributed by atoms with Crippen molar-refractivity contribution in [3.8, 4) is 11.6 Å². The Morgan fingerprint density at radius 2 is 1.93 bits per heavy atom. The van der Waals surface area contributed by atoms with E-state index >= 15 is 0 Å². The summed E-state index contributed by atoms with van der Waals surface area (Å²) in [4.78, 5) is 19.2. The van der Waals surface area contributed by atoms with Crippen LogP contribution in [0.1, 0.15) is 18.5 Å². The van der Waals surface area contributed by atoms with Crippen LogP contribution in [-0.4, -0.2) is 41.4 Å². The summed E-state index contributed by atoms with van der Waals surface area (Å²) in [5, 5.41) is 12.3. The number of ether oxygens (including phenoxy) is 1. The predicted octanol–water partition coefficient (Wildman–Crippen LogP) is 2.67. The van der Waals surface area contributed by atoms with Crippen LogP contribution in [0.2, 0.25) is 0 Å². The summed E-state index contributed by atoms with van der Waals surface area (Å²) in [6.45, 7) is -0.585. The zero-order chi connectivity index (χ0) is 21.9. The Morgan fingerprint density at radius 1 is 1.23 bits per heavy atom. The zero-order valence-electron chi connectivity index (χ0n) is 15.4. The summed E-state index contributed by atoms with van der Waals surface area (Å²) in [6, 6.07) is 5.38. The Kier molecular flexibility index (Phi) is 5.94. The van der Waals surface area contributed by atoms with Crippen LogP contribution in [0.5, 0.6) is 11.6 Å². The average Bonchev–Trinajstić information content (AvgIpc) is 2.66. The molecule has 30 heavy (non-hydrogen) atoms. The molecule has 3 rings (SSSR count). The standard InChI is InChI=1S/C18H17F5N4O3/c19-11-2-1-3-12(8-11)30-14-9-13(18(21,22)23)25-15(26-14)27-6-4-17(20,5-7-27)10-24-16(28)29/h1-3,8-9,24H,4-7,10H2,(H,28,29)/p-1. The lowest BCUT2D eigenvalue weighted by Crippen LogP contribution is -2.50. The molecule has 1 aliphatic rings. The summed E-state index contributed by atoms with van der Waals surface area (Å²) >= 11 is 0. The van der Waals surface area contributed by atoms with E-state index in [4.69, 9.17) is 4.74 Å². The number of carbonyl (C=O) groups excluding carboxylic acids is 1. The minimum absolute atomic E-state index is 0.0497. The van der Waals surface area contributed by atoms with Crippen LogP contribution in [0.15, 0.2) is 30.3 Å². The summed E-state index contributed by atoms with van der Waals surface area (Å²) in [6.07, 6.45) is -6.73. The van der Waals surface area contributed by atoms with E-state index in [0.717, 1.165) is 12.1 Å². The fraction of sp³-hybridized carbons (Fsp3) is 0.389. The van der Waals surface area contributed by atoms with Crippen LogP contribution in [0.3, 0.4) is 0 Å². The molecule has 1 aliphatic heterocycles. The Balaban J connectivity index is 1.81. The fourth-order valence-corrected chi connectivity index (χ4v) is 2.92. The number of alkyl halides is 4. The van der Waals surface area contributed by atoms with Crippen molar-refractivity contribution < 1.29 is 36.6 Å². The van der Waals surface area contributed by atoms with Gasteiger partial charge in [0.2, 0.25) is 11.8 Å². The van der Waals surface area contributed by atoms with E-state index in [0.29, 0.717) is 6.07 Å². The highest BCUT2D eigenvalue weighted by Gasteiger charge is 2.38. The van der Waals surface area contributed by atoms with Gasteiger partial charge in [-0.15, -0.1) is 0 Å². The van der Waals surface area contributed by atoms with Crippen LogP contribution in [0.25, 0.3) is 0 Å². The molecule has 0 radical (unpaired) electrons. The van der Waals surface area contributed by atoms with Crippen LogP contribution in [0.4, 0.5) is 32.7 Å². The van der Waals surface area contributed by atoms with Gasteiger partial charge >= 0.3 is 6.18 Å². The third-order valence-electron chi connectivity index (χ3n) is 4.49. The second-order valence-corrected chi connectivity index (χ2v) is 6.73. The zero-order valence-corrected chi connectivity index (χ0v) is 15.4. The summed E-state index contributed by atoms with van der Waals surface area (Å²) in [7, 11) is 0. The van der Waals surface area contributed by atoms with Crippen molar-refractivity contribution in [1.29, 1.82) is 0 Å². The van der Waals surface area contributed by atoms with Crippen molar-refractivity contribution in [2.75, 3.05) is 24.5 Å². The first-order chi connectivity index (χ1) is 14.0. The molecule has 2 aromatic rings. The molecule has 1 N–H and O–H groups in total. The first kappa shape index (κ1) is 21.5.